The van der Waals surface area contributed by atoms with E-state index in [4.69, 9.17) is 0 Å². The second-order valence-electron chi connectivity index (χ2n) is 7.15. The van der Waals surface area contributed by atoms with Crippen LogP contribution < -0.4 is 70.0 Å². The van der Waals surface area contributed by atoms with Crippen LogP contribution in [0.15, 0.2) is 44.2 Å². The number of benzene rings is 1. The van der Waals surface area contributed by atoms with Gasteiger partial charge in [0.1, 0.15) is 21.6 Å². The molecule has 2 N–H and O–H groups in total. The van der Waals surface area contributed by atoms with Crippen LogP contribution >= 0.6 is 0 Å². The van der Waals surface area contributed by atoms with Crippen molar-refractivity contribution in [3.63, 3.8) is 0 Å². The Bertz CT molecular complexity index is 1670. The van der Waals surface area contributed by atoms with E-state index in [9.17, 15) is 44.6 Å². The molecule has 0 aliphatic heterocycles. The molecular formula is C18H14F2GdN6Na2O8S2. The average molecular weight is 748 g/mol. The first-order valence-electron chi connectivity index (χ1n) is 9.40. The Kier molecular flexibility index (Phi) is 14.9. The van der Waals surface area contributed by atoms with E-state index in [1.54, 1.807) is 0 Å². The molecule has 0 unspecified atom stereocenters. The van der Waals surface area contributed by atoms with Gasteiger partial charge in [0.15, 0.2) is 11.6 Å². The number of aromatic nitrogens is 3. The summed E-state index contributed by atoms with van der Waals surface area (Å²) in [5.41, 5.74) is -2.91. The second-order valence-corrected chi connectivity index (χ2v) is 9.90. The van der Waals surface area contributed by atoms with Crippen LogP contribution in [0.2, 0.25) is 0 Å². The number of rotatable bonds is 7. The van der Waals surface area contributed by atoms with Gasteiger partial charge in [-0.2, -0.15) is 18.7 Å². The maximum atomic E-state index is 13.3. The summed E-state index contributed by atoms with van der Waals surface area (Å²) in [6.07, 6.45) is -1.40. The molecule has 0 atom stereocenters. The molecule has 39 heavy (non-hydrogen) atoms. The van der Waals surface area contributed by atoms with Crippen molar-refractivity contribution in [3.8, 4) is 5.88 Å². The van der Waals surface area contributed by atoms with Gasteiger partial charge in [0, 0.05) is 64.3 Å². The summed E-state index contributed by atoms with van der Waals surface area (Å²) in [6.45, 7) is 1.16. The van der Waals surface area contributed by atoms with E-state index in [0.717, 1.165) is 38.2 Å². The van der Waals surface area contributed by atoms with Crippen molar-refractivity contribution >= 4 is 43.1 Å². The predicted molar refractivity (Wildman–Crippen MR) is 115 cm³/mol. The number of anilines is 2. The molecule has 0 aliphatic rings. The van der Waals surface area contributed by atoms with Crippen LogP contribution in [-0.4, -0.2) is 45.6 Å². The van der Waals surface area contributed by atoms with Crippen molar-refractivity contribution in [3.05, 3.63) is 57.8 Å². The molecule has 0 radical (unpaired) electrons. The normalized spacial score (nSPS) is 11.3. The summed E-state index contributed by atoms with van der Waals surface area (Å²) < 4.78 is 95.8. The molecule has 0 fully saturated rings. The average Bonchev–Trinajstić information content (AvgIpc) is 2.73. The summed E-state index contributed by atoms with van der Waals surface area (Å²) in [4.78, 5) is 17.8. The molecule has 2 heterocycles. The summed E-state index contributed by atoms with van der Waals surface area (Å²) in [5.74, 6) is -3.58. The quantitative estimate of drug-likeness (QED) is 0.0773. The number of halogens is 2. The van der Waals surface area contributed by atoms with Crippen LogP contribution in [-0.2, 0) is 33.0 Å². The van der Waals surface area contributed by atoms with E-state index in [1.807, 2.05) is 0 Å². The van der Waals surface area contributed by atoms with Gasteiger partial charge < -0.3 is 19.5 Å². The molecule has 0 saturated heterocycles. The Hall–Kier alpha value is -0.545. The Labute approximate surface area is 296 Å². The van der Waals surface area contributed by atoms with E-state index in [1.165, 1.54) is 0 Å². The van der Waals surface area contributed by atoms with E-state index >= 15 is 0 Å². The molecule has 1 aromatic carbocycles. The molecule has 2 aromatic heterocycles. The van der Waals surface area contributed by atoms with Gasteiger partial charge in [-0.3, -0.25) is 9.36 Å². The van der Waals surface area contributed by atoms with Gasteiger partial charge in [0.2, 0.25) is 5.95 Å². The summed E-state index contributed by atoms with van der Waals surface area (Å²) in [7, 11) is -8.97. The van der Waals surface area contributed by atoms with Gasteiger partial charge >= 0.3 is 65.2 Å². The first-order chi connectivity index (χ1) is 16.6. The number of hydrogen-bond acceptors (Lipinski definition) is 13. The van der Waals surface area contributed by atoms with Gasteiger partial charge in [-0.15, -0.1) is 10.2 Å². The minimum Gasteiger partial charge on any atom is -0.748 e. The fraction of sp³-hybridized carbons (Fsp3) is 0.167. The van der Waals surface area contributed by atoms with Crippen molar-refractivity contribution < 1.29 is 139 Å². The van der Waals surface area contributed by atoms with E-state index in [-0.39, 0.29) is 116 Å². The monoisotopic (exact) mass is 748 g/mol. The second kappa shape index (κ2) is 15.1. The molecule has 200 valence electrons. The SMILES string of the molecule is Cc1c(CS(=O)(=O)[O-])c(O)n(C)c(=O)c1N=Nc1cc(Nc2cc(F)nc(F)n2)ccc1S(=O)(=O)[O-].[Gd].[Na+].[Na+]. The Morgan fingerprint density at radius 1 is 1.08 bits per heavy atom. The molecule has 0 aliphatic carbocycles. The van der Waals surface area contributed by atoms with Gasteiger partial charge in [-0.1, -0.05) is 0 Å². The first kappa shape index (κ1) is 38.5. The standard InChI is InChI=1S/C18H16F2N6O8S2.Gd.2Na/c1-8-10(7-35(29,30)31)16(27)26(2)17(28)15(8)25-24-11-5-9(3-4-12(11)36(32,33)34)21-14-6-13(19)22-18(20)23-14;;;/h3-6,27H,7H2,1-2H3,(H,21,22,23)(H,29,30,31)(H,32,33,34);;;/q;;2*+1/p-2. The molecule has 3 aromatic rings. The minimum absolute atomic E-state index is 0. The van der Waals surface area contributed by atoms with Crippen molar-refractivity contribution in [2.45, 2.75) is 17.6 Å². The van der Waals surface area contributed by atoms with E-state index in [2.05, 4.69) is 25.5 Å². The van der Waals surface area contributed by atoms with Crippen LogP contribution in [0.1, 0.15) is 11.1 Å². The Morgan fingerprint density at radius 2 is 1.69 bits per heavy atom. The van der Waals surface area contributed by atoms with Crippen molar-refractivity contribution in [1.29, 1.82) is 0 Å². The third kappa shape index (κ3) is 10.0. The maximum Gasteiger partial charge on any atom is 1.00 e. The molecule has 0 amide bonds. The molecular weight excluding hydrogens is 734 g/mol. The van der Waals surface area contributed by atoms with Gasteiger partial charge in [-0.25, -0.2) is 16.8 Å². The molecule has 0 saturated carbocycles. The topological polar surface area (TPSA) is 219 Å². The van der Waals surface area contributed by atoms with E-state index < -0.39 is 71.3 Å². The van der Waals surface area contributed by atoms with Crippen molar-refractivity contribution in [2.75, 3.05) is 5.32 Å². The largest absolute Gasteiger partial charge is 1.00 e. The molecule has 3 rings (SSSR count). The zero-order chi connectivity index (χ0) is 27.0. The predicted octanol–water partition coefficient (Wildman–Crippen LogP) is -4.42. The fourth-order valence-corrected chi connectivity index (χ4v) is 4.28. The minimum atomic E-state index is -5.13. The molecule has 0 bridgehead atoms. The fourth-order valence-electron chi connectivity index (χ4n) is 2.99. The summed E-state index contributed by atoms with van der Waals surface area (Å²) >= 11 is 0. The van der Waals surface area contributed by atoms with Crippen LogP contribution in [0, 0.1) is 58.9 Å². The number of pyridine rings is 1. The van der Waals surface area contributed by atoms with Crippen LogP contribution in [0.3, 0.4) is 0 Å². The smallest absolute Gasteiger partial charge is 0.748 e. The maximum absolute atomic E-state index is 13.3. The number of aromatic hydroxyl groups is 1. The first-order valence-corrected chi connectivity index (χ1v) is 12.4. The van der Waals surface area contributed by atoms with Gasteiger partial charge in [0.25, 0.3) is 5.56 Å². The number of nitrogens with zero attached hydrogens (tertiary/aromatic N) is 5. The van der Waals surface area contributed by atoms with Gasteiger partial charge in [0.05, 0.1) is 20.8 Å². The molecule has 0 spiro atoms. The molecule has 14 nitrogen and oxygen atoms in total. The Morgan fingerprint density at radius 3 is 2.23 bits per heavy atom. The Balaban J connectivity index is 0.00000481. The van der Waals surface area contributed by atoms with Gasteiger partial charge in [-0.05, 0) is 30.7 Å². The molecule has 21 heteroatoms. The van der Waals surface area contributed by atoms with E-state index in [0.29, 0.717) is 4.57 Å². The summed E-state index contributed by atoms with van der Waals surface area (Å²) in [5, 5.41) is 19.8. The zero-order valence-corrected chi connectivity index (χ0v) is 28.4. The third-order valence-corrected chi connectivity index (χ3v) is 6.18. The third-order valence-electron chi connectivity index (χ3n) is 4.65. The van der Waals surface area contributed by atoms with Crippen LogP contribution in [0.25, 0.3) is 0 Å². The number of nitrogens with one attached hydrogen (secondary N) is 1. The van der Waals surface area contributed by atoms with Crippen molar-refractivity contribution in [2.24, 2.45) is 17.3 Å². The van der Waals surface area contributed by atoms with Crippen molar-refractivity contribution in [1.82, 2.24) is 14.5 Å². The van der Waals surface area contributed by atoms with Crippen LogP contribution in [0.4, 0.5) is 31.7 Å². The number of hydrogen-bond donors (Lipinski definition) is 2. The van der Waals surface area contributed by atoms with Crippen LogP contribution in [0.5, 0.6) is 5.88 Å². The number of azo groups is 1. The zero-order valence-electron chi connectivity index (χ0n) is 20.5. The summed E-state index contributed by atoms with van der Waals surface area (Å²) in [6, 6.07) is 3.53.